The highest BCUT2D eigenvalue weighted by molar-refractivity contribution is 5.64. The van der Waals surface area contributed by atoms with Gasteiger partial charge in [-0.25, -0.2) is 4.98 Å². The van der Waals surface area contributed by atoms with Crippen molar-refractivity contribution in [2.45, 2.75) is 19.6 Å². The molecule has 0 aliphatic heterocycles. The van der Waals surface area contributed by atoms with Crippen LogP contribution < -0.4 is 0 Å². The van der Waals surface area contributed by atoms with Crippen molar-refractivity contribution >= 4 is 0 Å². The summed E-state index contributed by atoms with van der Waals surface area (Å²) in [7, 11) is 0. The molecule has 0 bridgehead atoms. The fourth-order valence-electron chi connectivity index (χ4n) is 2.42. The van der Waals surface area contributed by atoms with Crippen molar-refractivity contribution in [3.05, 3.63) is 77.9 Å². The first-order valence-corrected chi connectivity index (χ1v) is 7.18. The zero-order valence-corrected chi connectivity index (χ0v) is 12.5. The van der Waals surface area contributed by atoms with Gasteiger partial charge in [0.25, 0.3) is 0 Å². The van der Waals surface area contributed by atoms with Crippen LogP contribution in [0.4, 0.5) is 13.2 Å². The first kappa shape index (κ1) is 15.3. The Labute approximate surface area is 132 Å². The summed E-state index contributed by atoms with van der Waals surface area (Å²) >= 11 is 0. The van der Waals surface area contributed by atoms with Crippen molar-refractivity contribution in [2.24, 2.45) is 0 Å². The molecule has 23 heavy (non-hydrogen) atoms. The number of benzene rings is 2. The molecule has 0 saturated heterocycles. The highest BCUT2D eigenvalue weighted by Crippen LogP contribution is 2.31. The van der Waals surface area contributed by atoms with E-state index in [1.54, 1.807) is 6.20 Å². The van der Waals surface area contributed by atoms with E-state index in [1.165, 1.54) is 12.1 Å². The molecular weight excluding hydrogens is 301 g/mol. The summed E-state index contributed by atoms with van der Waals surface area (Å²) in [6, 6.07) is 13.0. The van der Waals surface area contributed by atoms with Crippen LogP contribution in [0.15, 0.2) is 60.9 Å². The van der Waals surface area contributed by atoms with Gasteiger partial charge in [-0.2, -0.15) is 13.2 Å². The summed E-state index contributed by atoms with van der Waals surface area (Å²) in [6.07, 6.45) is -0.629. The normalized spacial score (nSPS) is 11.7. The first-order chi connectivity index (χ1) is 10.9. The number of hydrogen-bond acceptors (Lipinski definition) is 1. The van der Waals surface area contributed by atoms with Crippen molar-refractivity contribution in [2.75, 3.05) is 0 Å². The molecule has 5 heteroatoms. The molecule has 2 nitrogen and oxygen atoms in total. The van der Waals surface area contributed by atoms with Crippen molar-refractivity contribution < 1.29 is 13.2 Å². The Morgan fingerprint density at radius 3 is 1.96 bits per heavy atom. The summed E-state index contributed by atoms with van der Waals surface area (Å²) in [5, 5.41) is 0. The Morgan fingerprint density at radius 1 is 0.913 bits per heavy atom. The molecule has 0 N–H and O–H groups in total. The van der Waals surface area contributed by atoms with Gasteiger partial charge >= 0.3 is 6.18 Å². The van der Waals surface area contributed by atoms with E-state index >= 15 is 0 Å². The molecule has 3 rings (SSSR count). The lowest BCUT2D eigenvalue weighted by Gasteiger charge is -2.09. The van der Waals surface area contributed by atoms with Crippen molar-refractivity contribution in [1.29, 1.82) is 0 Å². The van der Waals surface area contributed by atoms with Crippen LogP contribution in [0.2, 0.25) is 0 Å². The summed E-state index contributed by atoms with van der Waals surface area (Å²) in [5.41, 5.74) is 2.14. The third kappa shape index (κ3) is 3.44. The minimum atomic E-state index is -4.30. The first-order valence-electron chi connectivity index (χ1n) is 7.18. The lowest BCUT2D eigenvalue weighted by atomic mass is 10.0. The molecule has 0 unspecified atom stereocenters. The molecule has 0 aliphatic carbocycles. The lowest BCUT2D eigenvalue weighted by molar-refractivity contribution is -0.137. The van der Waals surface area contributed by atoms with Crippen molar-refractivity contribution in [3.8, 4) is 11.1 Å². The van der Waals surface area contributed by atoms with Gasteiger partial charge in [-0.3, -0.25) is 0 Å². The number of nitrogens with zero attached hydrogens (tertiary/aromatic N) is 2. The Kier molecular flexibility index (Phi) is 3.94. The Morgan fingerprint density at radius 2 is 1.48 bits per heavy atom. The number of rotatable bonds is 3. The van der Waals surface area contributed by atoms with E-state index in [-0.39, 0.29) is 0 Å². The second-order valence-corrected chi connectivity index (χ2v) is 5.37. The molecule has 0 amide bonds. The Hall–Kier alpha value is -2.56. The van der Waals surface area contributed by atoms with Gasteiger partial charge in [0, 0.05) is 18.9 Å². The maximum absolute atomic E-state index is 12.6. The van der Waals surface area contributed by atoms with Gasteiger partial charge in [0.1, 0.15) is 5.82 Å². The van der Waals surface area contributed by atoms with E-state index in [9.17, 15) is 13.2 Å². The topological polar surface area (TPSA) is 17.8 Å². The molecule has 1 heterocycles. The van der Waals surface area contributed by atoms with E-state index in [0.29, 0.717) is 0 Å². The van der Waals surface area contributed by atoms with Gasteiger partial charge < -0.3 is 4.57 Å². The molecule has 3 aromatic rings. The maximum atomic E-state index is 12.6. The molecule has 1 aromatic heterocycles. The number of imidazole rings is 1. The van der Waals surface area contributed by atoms with Gasteiger partial charge in [0.05, 0.1) is 5.56 Å². The van der Waals surface area contributed by atoms with Crippen LogP contribution in [0.5, 0.6) is 0 Å². The minimum absolute atomic E-state index is 0.631. The monoisotopic (exact) mass is 316 g/mol. The summed E-state index contributed by atoms with van der Waals surface area (Å²) in [6.45, 7) is 2.66. The third-order valence-corrected chi connectivity index (χ3v) is 3.78. The van der Waals surface area contributed by atoms with Gasteiger partial charge in [-0.05, 0) is 35.7 Å². The average Bonchev–Trinajstić information content (AvgIpc) is 2.93. The number of aryl methyl sites for hydroxylation is 1. The summed E-state index contributed by atoms with van der Waals surface area (Å²) < 4.78 is 39.8. The number of hydrogen-bond donors (Lipinski definition) is 0. The molecule has 0 spiro atoms. The van der Waals surface area contributed by atoms with Gasteiger partial charge in [0.2, 0.25) is 0 Å². The second kappa shape index (κ2) is 5.91. The van der Waals surface area contributed by atoms with Crippen LogP contribution in [0.1, 0.15) is 17.0 Å². The molecule has 2 aromatic carbocycles. The molecule has 118 valence electrons. The SMILES string of the molecule is Cc1nccn1Cc1ccc(-c2ccc(C(F)(F)F)cc2)cc1. The number of alkyl halides is 3. The van der Waals surface area contributed by atoms with Crippen molar-refractivity contribution in [3.63, 3.8) is 0 Å². The van der Waals surface area contributed by atoms with E-state index < -0.39 is 11.7 Å². The molecule has 0 aliphatic rings. The number of halogens is 3. The predicted octanol–water partition coefficient (Wildman–Crippen LogP) is 4.93. The quantitative estimate of drug-likeness (QED) is 0.670. The number of aromatic nitrogens is 2. The van der Waals surface area contributed by atoms with Crippen LogP contribution in [0.3, 0.4) is 0 Å². The van der Waals surface area contributed by atoms with E-state index in [2.05, 4.69) is 4.98 Å². The minimum Gasteiger partial charge on any atom is -0.331 e. The predicted molar refractivity (Wildman–Crippen MR) is 82.9 cm³/mol. The van der Waals surface area contributed by atoms with E-state index in [1.807, 2.05) is 42.0 Å². The summed E-state index contributed by atoms with van der Waals surface area (Å²) in [5.74, 6) is 0.941. The van der Waals surface area contributed by atoms with Crippen molar-refractivity contribution in [1.82, 2.24) is 9.55 Å². The van der Waals surface area contributed by atoms with Crippen LogP contribution in [-0.4, -0.2) is 9.55 Å². The van der Waals surface area contributed by atoms with Gasteiger partial charge in [0.15, 0.2) is 0 Å². The summed E-state index contributed by atoms with van der Waals surface area (Å²) in [4.78, 5) is 4.18. The zero-order valence-electron chi connectivity index (χ0n) is 12.5. The van der Waals surface area contributed by atoms with Crippen LogP contribution in [-0.2, 0) is 12.7 Å². The largest absolute Gasteiger partial charge is 0.416 e. The average molecular weight is 316 g/mol. The van der Waals surface area contributed by atoms with Crippen LogP contribution in [0, 0.1) is 6.92 Å². The fourth-order valence-corrected chi connectivity index (χ4v) is 2.42. The molecule has 0 fully saturated rings. The second-order valence-electron chi connectivity index (χ2n) is 5.37. The van der Waals surface area contributed by atoms with Gasteiger partial charge in [-0.1, -0.05) is 36.4 Å². The zero-order chi connectivity index (χ0) is 16.4. The molecule has 0 radical (unpaired) electrons. The van der Waals surface area contributed by atoms with E-state index in [0.717, 1.165) is 41.2 Å². The molecule has 0 atom stereocenters. The lowest BCUT2D eigenvalue weighted by Crippen LogP contribution is -2.04. The van der Waals surface area contributed by atoms with Gasteiger partial charge in [-0.15, -0.1) is 0 Å². The van der Waals surface area contributed by atoms with E-state index in [4.69, 9.17) is 0 Å². The standard InChI is InChI=1S/C18H15F3N2/c1-13-22-10-11-23(13)12-14-2-4-15(5-3-14)16-6-8-17(9-7-16)18(19,20)21/h2-11H,12H2,1H3. The Balaban J connectivity index is 1.78. The van der Waals surface area contributed by atoms with Crippen LogP contribution in [0.25, 0.3) is 11.1 Å². The highest BCUT2D eigenvalue weighted by Gasteiger charge is 2.29. The Bertz CT molecular complexity index is 784. The van der Waals surface area contributed by atoms with Crippen LogP contribution >= 0.6 is 0 Å². The molecule has 0 saturated carbocycles. The smallest absolute Gasteiger partial charge is 0.331 e. The molecular formula is C18H15F3N2. The maximum Gasteiger partial charge on any atom is 0.416 e. The third-order valence-electron chi connectivity index (χ3n) is 3.78. The fraction of sp³-hybridized carbons (Fsp3) is 0.167. The highest BCUT2D eigenvalue weighted by atomic mass is 19.4.